The maximum absolute atomic E-state index is 6.48. The maximum atomic E-state index is 6.48. The van der Waals surface area contributed by atoms with Crippen LogP contribution in [-0.2, 0) is 0 Å². The third kappa shape index (κ3) is 6.25. The topological polar surface area (TPSA) is 19.6 Å². The first-order chi connectivity index (χ1) is 23.5. The van der Waals surface area contributed by atoms with Gasteiger partial charge >= 0.3 is 0 Å². The van der Waals surface area contributed by atoms with Gasteiger partial charge in [0.25, 0.3) is 0 Å². The standard InChI is InChI=1S/C46H44N2O/c1-29-9-18-41(33(5)23-29)47(42-19-10-30(2)24-34(42)6)39-15-13-37(14-16-39)46-28-38-27-40(17-22-45(38)49-46)48(43-20-11-31(3)25-35(43)7)44-21-12-32(4)26-36(44)8/h9-28H,1-8H3. The summed E-state index contributed by atoms with van der Waals surface area (Å²) < 4.78 is 6.48. The predicted octanol–water partition coefficient (Wildman–Crippen LogP) is 13.5. The second kappa shape index (κ2) is 12.8. The number of aryl methyl sites for hydroxylation is 8. The van der Waals surface area contributed by atoms with Crippen LogP contribution in [0.3, 0.4) is 0 Å². The van der Waals surface area contributed by atoms with Crippen LogP contribution in [0.2, 0.25) is 0 Å². The SMILES string of the molecule is Cc1ccc(N(c2ccc(-c3cc4cc(N(c5ccc(C)cc5C)c5ccc(C)cc5C)ccc4o3)cc2)c2ccc(C)cc2C)c(C)c1. The molecule has 7 rings (SSSR count). The molecular formula is C46H44N2O. The van der Waals surface area contributed by atoms with Crippen LogP contribution in [0.25, 0.3) is 22.3 Å². The number of fused-ring (bicyclic) bond motifs is 1. The molecule has 6 aromatic carbocycles. The quantitative estimate of drug-likeness (QED) is 0.173. The zero-order valence-electron chi connectivity index (χ0n) is 29.8. The molecule has 0 saturated carbocycles. The Bertz CT molecular complexity index is 2220. The molecule has 244 valence electrons. The van der Waals surface area contributed by atoms with Gasteiger partial charge in [0.05, 0.1) is 0 Å². The third-order valence-corrected chi connectivity index (χ3v) is 9.54. The fourth-order valence-electron chi connectivity index (χ4n) is 7.13. The zero-order valence-corrected chi connectivity index (χ0v) is 29.8. The molecule has 7 aromatic rings. The van der Waals surface area contributed by atoms with E-state index in [0.29, 0.717) is 0 Å². The second-order valence-corrected chi connectivity index (χ2v) is 13.7. The summed E-state index contributed by atoms with van der Waals surface area (Å²) in [5.74, 6) is 0.855. The van der Waals surface area contributed by atoms with Crippen LogP contribution in [0.4, 0.5) is 34.1 Å². The summed E-state index contributed by atoms with van der Waals surface area (Å²) in [6.45, 7) is 17.4. The number of furan rings is 1. The number of hydrogen-bond donors (Lipinski definition) is 0. The molecule has 0 aliphatic heterocycles. The molecule has 49 heavy (non-hydrogen) atoms. The Labute approximate surface area is 291 Å². The van der Waals surface area contributed by atoms with Crippen LogP contribution in [0.15, 0.2) is 126 Å². The lowest BCUT2D eigenvalue weighted by atomic mass is 10.0. The number of nitrogens with zero attached hydrogens (tertiary/aromatic N) is 2. The van der Waals surface area contributed by atoms with Crippen molar-refractivity contribution in [2.75, 3.05) is 9.80 Å². The van der Waals surface area contributed by atoms with Crippen LogP contribution in [0.5, 0.6) is 0 Å². The predicted molar refractivity (Wildman–Crippen MR) is 209 cm³/mol. The van der Waals surface area contributed by atoms with Gasteiger partial charge in [-0.1, -0.05) is 70.8 Å². The molecule has 0 aliphatic rings. The zero-order chi connectivity index (χ0) is 34.4. The van der Waals surface area contributed by atoms with Crippen molar-refractivity contribution in [3.05, 3.63) is 166 Å². The first-order valence-corrected chi connectivity index (χ1v) is 17.1. The molecule has 3 nitrogen and oxygen atoms in total. The van der Waals surface area contributed by atoms with Crippen molar-refractivity contribution < 1.29 is 4.42 Å². The fraction of sp³-hybridized carbons (Fsp3) is 0.174. The number of rotatable bonds is 7. The minimum atomic E-state index is 0.855. The summed E-state index contributed by atoms with van der Waals surface area (Å²) in [5.41, 5.74) is 18.8. The van der Waals surface area contributed by atoms with E-state index in [2.05, 4.69) is 187 Å². The van der Waals surface area contributed by atoms with Crippen LogP contribution in [-0.4, -0.2) is 0 Å². The van der Waals surface area contributed by atoms with Gasteiger partial charge in [0, 0.05) is 45.1 Å². The Balaban J connectivity index is 1.28. The molecule has 0 radical (unpaired) electrons. The summed E-state index contributed by atoms with van der Waals surface area (Å²) in [4.78, 5) is 4.74. The van der Waals surface area contributed by atoms with E-state index in [-0.39, 0.29) is 0 Å². The molecular weight excluding hydrogens is 597 g/mol. The number of anilines is 6. The summed E-state index contributed by atoms with van der Waals surface area (Å²) >= 11 is 0. The Hall–Kier alpha value is -5.54. The molecule has 0 unspecified atom stereocenters. The van der Waals surface area contributed by atoms with Gasteiger partial charge in [-0.05, 0) is 150 Å². The van der Waals surface area contributed by atoms with Gasteiger partial charge in [-0.25, -0.2) is 0 Å². The van der Waals surface area contributed by atoms with Crippen molar-refractivity contribution in [1.82, 2.24) is 0 Å². The first-order valence-electron chi connectivity index (χ1n) is 17.1. The monoisotopic (exact) mass is 640 g/mol. The maximum Gasteiger partial charge on any atom is 0.135 e. The van der Waals surface area contributed by atoms with Gasteiger partial charge in [0.1, 0.15) is 11.3 Å². The lowest BCUT2D eigenvalue weighted by Crippen LogP contribution is -2.12. The summed E-state index contributed by atoms with van der Waals surface area (Å²) in [5, 5.41) is 1.07. The Morgan fingerprint density at radius 2 is 0.755 bits per heavy atom. The minimum absolute atomic E-state index is 0.855. The van der Waals surface area contributed by atoms with E-state index >= 15 is 0 Å². The Morgan fingerprint density at radius 1 is 0.367 bits per heavy atom. The van der Waals surface area contributed by atoms with Gasteiger partial charge in [-0.15, -0.1) is 0 Å². The number of hydrogen-bond acceptors (Lipinski definition) is 3. The van der Waals surface area contributed by atoms with Gasteiger partial charge in [-0.2, -0.15) is 0 Å². The lowest BCUT2D eigenvalue weighted by molar-refractivity contribution is 0.631. The van der Waals surface area contributed by atoms with E-state index in [9.17, 15) is 0 Å². The molecule has 0 amide bonds. The van der Waals surface area contributed by atoms with Crippen LogP contribution >= 0.6 is 0 Å². The van der Waals surface area contributed by atoms with Crippen molar-refractivity contribution in [1.29, 1.82) is 0 Å². The summed E-state index contributed by atoms with van der Waals surface area (Å²) in [6.07, 6.45) is 0. The third-order valence-electron chi connectivity index (χ3n) is 9.54. The molecule has 0 N–H and O–H groups in total. The van der Waals surface area contributed by atoms with Crippen molar-refractivity contribution in [2.45, 2.75) is 55.4 Å². The molecule has 0 spiro atoms. The summed E-state index contributed by atoms with van der Waals surface area (Å²) in [7, 11) is 0. The average Bonchev–Trinajstić information content (AvgIpc) is 3.49. The largest absolute Gasteiger partial charge is 0.456 e. The van der Waals surface area contributed by atoms with Crippen molar-refractivity contribution >= 4 is 45.1 Å². The molecule has 0 atom stereocenters. The van der Waals surface area contributed by atoms with Gasteiger partial charge in [0.2, 0.25) is 0 Å². The first kappa shape index (κ1) is 32.0. The highest BCUT2D eigenvalue weighted by molar-refractivity contribution is 5.90. The van der Waals surface area contributed by atoms with E-state index < -0.39 is 0 Å². The van der Waals surface area contributed by atoms with E-state index in [1.807, 2.05) is 0 Å². The fourth-order valence-corrected chi connectivity index (χ4v) is 7.13. The minimum Gasteiger partial charge on any atom is -0.456 e. The molecule has 0 bridgehead atoms. The Morgan fingerprint density at radius 3 is 1.16 bits per heavy atom. The van der Waals surface area contributed by atoms with Crippen molar-refractivity contribution in [2.24, 2.45) is 0 Å². The van der Waals surface area contributed by atoms with E-state index in [1.165, 1.54) is 67.3 Å². The lowest BCUT2D eigenvalue weighted by Gasteiger charge is -2.29. The van der Waals surface area contributed by atoms with E-state index in [1.54, 1.807) is 0 Å². The second-order valence-electron chi connectivity index (χ2n) is 13.7. The molecule has 0 aliphatic carbocycles. The van der Waals surface area contributed by atoms with Crippen LogP contribution in [0, 0.1) is 55.4 Å². The highest BCUT2D eigenvalue weighted by atomic mass is 16.3. The summed E-state index contributed by atoms with van der Waals surface area (Å²) in [6, 6.07) is 44.2. The van der Waals surface area contributed by atoms with Crippen molar-refractivity contribution in [3.63, 3.8) is 0 Å². The highest BCUT2D eigenvalue weighted by Crippen LogP contribution is 2.42. The normalized spacial score (nSPS) is 11.3. The molecule has 0 fully saturated rings. The van der Waals surface area contributed by atoms with Gasteiger partial charge in [0.15, 0.2) is 0 Å². The van der Waals surface area contributed by atoms with Gasteiger partial charge < -0.3 is 14.2 Å². The molecule has 1 aromatic heterocycles. The molecule has 0 saturated heterocycles. The molecule has 1 heterocycles. The Kier molecular flexibility index (Phi) is 8.38. The van der Waals surface area contributed by atoms with E-state index in [0.717, 1.165) is 33.7 Å². The number of benzene rings is 6. The smallest absolute Gasteiger partial charge is 0.135 e. The van der Waals surface area contributed by atoms with Crippen LogP contribution in [0.1, 0.15) is 44.5 Å². The van der Waals surface area contributed by atoms with Crippen molar-refractivity contribution in [3.8, 4) is 11.3 Å². The van der Waals surface area contributed by atoms with E-state index in [4.69, 9.17) is 4.42 Å². The highest BCUT2D eigenvalue weighted by Gasteiger charge is 2.20. The molecule has 3 heteroatoms. The average molecular weight is 641 g/mol. The van der Waals surface area contributed by atoms with Gasteiger partial charge in [-0.3, -0.25) is 0 Å². The van der Waals surface area contributed by atoms with Crippen LogP contribution < -0.4 is 9.80 Å².